The number of amides is 1. The van der Waals surface area contributed by atoms with Crippen LogP contribution >= 0.6 is 21.6 Å². The maximum atomic E-state index is 12.8. The Morgan fingerprint density at radius 1 is 1.07 bits per heavy atom. The molecule has 0 unspecified atom stereocenters. The Kier molecular flexibility index (Phi) is 13.9. The first-order valence-electron chi connectivity index (χ1n) is 14.0. The first-order chi connectivity index (χ1) is 19.0. The Morgan fingerprint density at radius 2 is 1.77 bits per heavy atom. The van der Waals surface area contributed by atoms with Gasteiger partial charge in [0.15, 0.2) is 18.5 Å². The summed E-state index contributed by atoms with van der Waals surface area (Å²) in [5.74, 6) is 1.67. The molecule has 40 heavy (non-hydrogen) atoms. The van der Waals surface area contributed by atoms with Crippen molar-refractivity contribution in [2.75, 3.05) is 56.2 Å². The molecule has 0 atom stereocenters. The molecule has 9 heteroatoms. The van der Waals surface area contributed by atoms with E-state index in [2.05, 4.69) is 74.7 Å². The van der Waals surface area contributed by atoms with E-state index >= 15 is 0 Å². The van der Waals surface area contributed by atoms with Crippen molar-refractivity contribution in [3.63, 3.8) is 0 Å². The molecule has 1 aromatic carbocycles. The van der Waals surface area contributed by atoms with E-state index in [0.29, 0.717) is 25.2 Å². The Labute approximate surface area is 249 Å². The summed E-state index contributed by atoms with van der Waals surface area (Å²) < 4.78 is 2.09. The highest BCUT2D eigenvalue weighted by Gasteiger charge is 2.32. The van der Waals surface area contributed by atoms with Gasteiger partial charge in [-0.2, -0.15) is 0 Å². The third kappa shape index (κ3) is 9.72. The average Bonchev–Trinajstić information content (AvgIpc) is 2.93. The molecule has 0 radical (unpaired) electrons. The van der Waals surface area contributed by atoms with Gasteiger partial charge in [0, 0.05) is 61.1 Å². The summed E-state index contributed by atoms with van der Waals surface area (Å²) in [5.41, 5.74) is 5.62. The van der Waals surface area contributed by atoms with E-state index in [0.717, 1.165) is 52.7 Å². The Balaban J connectivity index is 1.80. The predicted octanol–water partition coefficient (Wildman–Crippen LogP) is 4.94. The number of nitrogens with one attached hydrogen (secondary N) is 3. The number of aliphatic hydroxyl groups is 2. The van der Waals surface area contributed by atoms with Gasteiger partial charge in [-0.3, -0.25) is 4.79 Å². The number of rotatable bonds is 16. The van der Waals surface area contributed by atoms with Crippen LogP contribution in [0.4, 0.5) is 5.69 Å². The average molecular weight is 590 g/mol. The summed E-state index contributed by atoms with van der Waals surface area (Å²) in [7, 11) is 3.53. The zero-order valence-corrected chi connectivity index (χ0v) is 26.7. The van der Waals surface area contributed by atoms with Crippen molar-refractivity contribution in [3.8, 4) is 0 Å². The van der Waals surface area contributed by atoms with Crippen molar-refractivity contribution < 1.29 is 19.6 Å². The molecule has 1 aliphatic heterocycles. The van der Waals surface area contributed by atoms with Crippen LogP contribution in [-0.2, 0) is 5.41 Å². The number of allylic oxidation sites excluding steroid dienone is 3. The van der Waals surface area contributed by atoms with Crippen molar-refractivity contribution in [2.24, 2.45) is 5.41 Å². The number of hydrogen-bond acceptors (Lipinski definition) is 7. The molecule has 1 heterocycles. The number of carbonyl (C=O) groups excluding carboxylic acids is 1. The minimum absolute atomic E-state index is 0.0612. The zero-order chi connectivity index (χ0) is 29.8. The first-order valence-corrected chi connectivity index (χ1v) is 16.5. The van der Waals surface area contributed by atoms with Gasteiger partial charge >= 0.3 is 0 Å². The lowest BCUT2D eigenvalue weighted by Gasteiger charge is -2.27. The molecule has 1 aromatic rings. The fraction of sp³-hybridized carbons (Fsp3) is 0.548. The summed E-state index contributed by atoms with van der Waals surface area (Å²) >= 11 is 0. The fourth-order valence-corrected chi connectivity index (χ4v) is 6.01. The lowest BCUT2D eigenvalue weighted by atomic mass is 9.79. The van der Waals surface area contributed by atoms with E-state index in [-0.39, 0.29) is 30.0 Å². The standard InChI is InChI=1S/C31H48N4O3S2/c1-8-30(4,5)27-22-25(9-10-28(27)33-12-17-36)29(38)34-14-20-40-39-19-13-32-26-11-15-35(16-18-37)24(3)31(6,7)23(2)21-26/h9-11,15,21-22,32,36-37H,2,8,12-14,16-20H2,1,3-7H3,(H-,33,34,38)/p+1/b15-11-,26-21+,35-24?. The van der Waals surface area contributed by atoms with Gasteiger partial charge in [0.1, 0.15) is 6.61 Å². The van der Waals surface area contributed by atoms with Gasteiger partial charge in [-0.05, 0) is 61.1 Å². The predicted molar refractivity (Wildman–Crippen MR) is 174 cm³/mol. The molecule has 2 rings (SSSR count). The number of aliphatic hydroxyl groups excluding tert-OH is 2. The Hall–Kier alpha value is -2.20. The second-order valence-corrected chi connectivity index (χ2v) is 13.7. The van der Waals surface area contributed by atoms with Crippen molar-refractivity contribution >= 4 is 38.9 Å². The largest absolute Gasteiger partial charge is 0.395 e. The normalized spacial score (nSPS) is 17.5. The number of anilines is 1. The Bertz CT molecular complexity index is 1110. The van der Waals surface area contributed by atoms with Crippen LogP contribution in [-0.4, -0.2) is 77.3 Å². The zero-order valence-electron chi connectivity index (χ0n) is 25.1. The highest BCUT2D eigenvalue weighted by atomic mass is 33.1. The minimum atomic E-state index is -0.200. The molecule has 0 aliphatic carbocycles. The van der Waals surface area contributed by atoms with Crippen molar-refractivity contribution in [2.45, 2.75) is 53.4 Å². The second kappa shape index (κ2) is 16.3. The third-order valence-electron chi connectivity index (χ3n) is 7.63. The van der Waals surface area contributed by atoms with Gasteiger partial charge in [-0.15, -0.1) is 0 Å². The monoisotopic (exact) mass is 589 g/mol. The highest BCUT2D eigenvalue weighted by molar-refractivity contribution is 8.76. The highest BCUT2D eigenvalue weighted by Crippen LogP contribution is 2.34. The molecular formula is C31H49N4O3S2+. The van der Waals surface area contributed by atoms with Gasteiger partial charge in [0.05, 0.1) is 12.0 Å². The molecule has 1 amide bonds. The van der Waals surface area contributed by atoms with E-state index in [1.165, 1.54) is 0 Å². The molecule has 5 N–H and O–H groups in total. The van der Waals surface area contributed by atoms with Crippen LogP contribution in [0.2, 0.25) is 0 Å². The summed E-state index contributed by atoms with van der Waals surface area (Å²) in [5, 5.41) is 28.5. The first kappa shape index (κ1) is 34.0. The minimum Gasteiger partial charge on any atom is -0.395 e. The fourth-order valence-electron chi connectivity index (χ4n) is 4.19. The van der Waals surface area contributed by atoms with Crippen LogP contribution in [0.15, 0.2) is 54.4 Å². The molecule has 0 saturated heterocycles. The van der Waals surface area contributed by atoms with Gasteiger partial charge in [-0.25, -0.2) is 4.58 Å². The van der Waals surface area contributed by atoms with Gasteiger partial charge in [-0.1, -0.05) is 48.9 Å². The molecule has 0 bridgehead atoms. The van der Waals surface area contributed by atoms with Crippen LogP contribution in [0, 0.1) is 5.41 Å². The summed E-state index contributed by atoms with van der Waals surface area (Å²) in [6.07, 6.45) is 7.10. The molecule has 0 saturated carbocycles. The second-order valence-electron chi connectivity index (χ2n) is 11.0. The lowest BCUT2D eigenvalue weighted by Crippen LogP contribution is -2.33. The molecule has 222 valence electrons. The molecular weight excluding hydrogens is 541 g/mol. The van der Waals surface area contributed by atoms with E-state index < -0.39 is 0 Å². The molecule has 0 fully saturated rings. The summed E-state index contributed by atoms with van der Waals surface area (Å²) in [6.45, 7) is 19.8. The topological polar surface area (TPSA) is 96.6 Å². The van der Waals surface area contributed by atoms with Crippen LogP contribution in [0.3, 0.4) is 0 Å². The smallest absolute Gasteiger partial charge is 0.251 e. The van der Waals surface area contributed by atoms with E-state index in [9.17, 15) is 15.0 Å². The number of nitrogens with zero attached hydrogens (tertiary/aromatic N) is 1. The summed E-state index contributed by atoms with van der Waals surface area (Å²) in [4.78, 5) is 12.8. The summed E-state index contributed by atoms with van der Waals surface area (Å²) in [6, 6.07) is 5.76. The van der Waals surface area contributed by atoms with Crippen LogP contribution < -0.4 is 16.0 Å². The van der Waals surface area contributed by atoms with Gasteiger partial charge in [0.2, 0.25) is 0 Å². The molecule has 7 nitrogen and oxygen atoms in total. The number of carbonyl (C=O) groups is 1. The van der Waals surface area contributed by atoms with Crippen molar-refractivity contribution in [3.05, 3.63) is 65.5 Å². The number of hydrogen-bond donors (Lipinski definition) is 5. The maximum absolute atomic E-state index is 12.8. The van der Waals surface area contributed by atoms with Crippen LogP contribution in [0.5, 0.6) is 0 Å². The lowest BCUT2D eigenvalue weighted by molar-refractivity contribution is -0.464. The number of β-amino-alcohol motifs (C(OH)–C–C–N with tert-alkyl or cyclic N) is 1. The van der Waals surface area contributed by atoms with E-state index in [4.69, 9.17) is 0 Å². The van der Waals surface area contributed by atoms with E-state index in [1.54, 1.807) is 21.6 Å². The maximum Gasteiger partial charge on any atom is 0.251 e. The third-order valence-corrected chi connectivity index (χ3v) is 10.0. The Morgan fingerprint density at radius 3 is 2.42 bits per heavy atom. The van der Waals surface area contributed by atoms with Crippen molar-refractivity contribution in [1.82, 2.24) is 10.6 Å². The molecule has 1 aliphatic rings. The molecule has 0 aromatic heterocycles. The van der Waals surface area contributed by atoms with Crippen molar-refractivity contribution in [1.29, 1.82) is 0 Å². The molecule has 0 spiro atoms. The SMILES string of the molecule is C=C1/C=C(NCCSSCCNC(=O)c2ccc(NCCO)c(C(C)(C)CC)c2)\C=C/[N+](CCO)=C(C)C1(C)C. The van der Waals surface area contributed by atoms with E-state index in [1.807, 2.05) is 30.5 Å². The van der Waals surface area contributed by atoms with Gasteiger partial charge < -0.3 is 26.2 Å². The number of benzene rings is 1. The quantitative estimate of drug-likeness (QED) is 0.106. The van der Waals surface area contributed by atoms with Crippen LogP contribution in [0.25, 0.3) is 0 Å². The van der Waals surface area contributed by atoms with Gasteiger partial charge in [0.25, 0.3) is 5.91 Å². The van der Waals surface area contributed by atoms with Crippen LogP contribution in [0.1, 0.15) is 63.9 Å².